The van der Waals surface area contributed by atoms with Gasteiger partial charge >= 0.3 is 0 Å². The molecule has 13 heavy (non-hydrogen) atoms. The lowest BCUT2D eigenvalue weighted by atomic mass is 9.88. The van der Waals surface area contributed by atoms with E-state index in [2.05, 4.69) is 52.9 Å². The van der Waals surface area contributed by atoms with Crippen LogP contribution in [0, 0.1) is 20.3 Å². The van der Waals surface area contributed by atoms with E-state index < -0.39 is 0 Å². The van der Waals surface area contributed by atoms with Crippen molar-refractivity contribution in [3.05, 3.63) is 33.4 Å². The smallest absolute Gasteiger partial charge is 0.0687 e. The van der Waals surface area contributed by atoms with Crippen LogP contribution in [0.4, 0.5) is 0 Å². The molecule has 0 spiro atoms. The van der Waals surface area contributed by atoms with Gasteiger partial charge in [0.1, 0.15) is 0 Å². The van der Waals surface area contributed by atoms with Crippen molar-refractivity contribution in [1.29, 1.82) is 5.26 Å². The van der Waals surface area contributed by atoms with Crippen LogP contribution in [0.15, 0.2) is 24.3 Å². The Morgan fingerprint density at radius 1 is 1.31 bits per heavy atom. The van der Waals surface area contributed by atoms with Crippen molar-refractivity contribution >= 4 is 22.6 Å². The lowest BCUT2D eigenvalue weighted by Crippen LogP contribution is -2.11. The first-order chi connectivity index (χ1) is 6.03. The summed E-state index contributed by atoms with van der Waals surface area (Å²) in [6, 6.07) is 10.6. The van der Waals surface area contributed by atoms with Crippen molar-refractivity contribution in [2.24, 2.45) is 5.41 Å². The monoisotopic (exact) mass is 285 g/mol. The molecule has 1 aromatic carbocycles. The van der Waals surface area contributed by atoms with Gasteiger partial charge in [0.25, 0.3) is 0 Å². The second-order valence-corrected chi connectivity index (χ2v) is 5.04. The van der Waals surface area contributed by atoms with Gasteiger partial charge < -0.3 is 0 Å². The fourth-order valence-electron chi connectivity index (χ4n) is 1.15. The maximum Gasteiger partial charge on any atom is 0.0687 e. The molecule has 0 amide bonds. The maximum atomic E-state index is 8.86. The summed E-state index contributed by atoms with van der Waals surface area (Å²) in [5.41, 5.74) is 0.972. The highest BCUT2D eigenvalue weighted by molar-refractivity contribution is 14.1. The van der Waals surface area contributed by atoms with Gasteiger partial charge in [-0.05, 0) is 60.6 Å². The van der Waals surface area contributed by atoms with E-state index in [9.17, 15) is 0 Å². The van der Waals surface area contributed by atoms with Gasteiger partial charge in [-0.1, -0.05) is 12.1 Å². The van der Waals surface area contributed by atoms with Gasteiger partial charge in [0.05, 0.1) is 11.5 Å². The summed E-state index contributed by atoms with van der Waals surface area (Å²) < 4.78 is 1.23. The largest absolute Gasteiger partial charge is 0.198 e. The fourth-order valence-corrected chi connectivity index (χ4v) is 1.51. The van der Waals surface area contributed by atoms with Crippen molar-refractivity contribution < 1.29 is 0 Å². The fraction of sp³-hybridized carbons (Fsp3) is 0.364. The number of hydrogen-bond acceptors (Lipinski definition) is 1. The highest BCUT2D eigenvalue weighted by atomic mass is 127. The van der Waals surface area contributed by atoms with E-state index in [4.69, 9.17) is 5.26 Å². The zero-order chi connectivity index (χ0) is 9.90. The third-order valence-corrected chi connectivity index (χ3v) is 2.58. The van der Waals surface area contributed by atoms with Gasteiger partial charge in [0, 0.05) is 3.57 Å². The predicted molar refractivity (Wildman–Crippen MR) is 62.3 cm³/mol. The third-order valence-electron chi connectivity index (χ3n) is 1.86. The number of nitriles is 1. The number of nitrogens with zero attached hydrogens (tertiary/aromatic N) is 1. The normalized spacial score (nSPS) is 10.9. The van der Waals surface area contributed by atoms with E-state index in [1.54, 1.807) is 0 Å². The summed E-state index contributed by atoms with van der Waals surface area (Å²) in [5.74, 6) is 0. The molecule has 1 nitrogen and oxygen atoms in total. The van der Waals surface area contributed by atoms with Crippen LogP contribution in [0.3, 0.4) is 0 Å². The molecule has 0 aliphatic carbocycles. The van der Waals surface area contributed by atoms with Crippen LogP contribution < -0.4 is 0 Å². The molecule has 0 bridgehead atoms. The molecule has 68 valence electrons. The van der Waals surface area contributed by atoms with Gasteiger partial charge in [0.2, 0.25) is 0 Å². The topological polar surface area (TPSA) is 23.8 Å². The van der Waals surface area contributed by atoms with Crippen LogP contribution in [-0.2, 0) is 6.42 Å². The number of benzene rings is 1. The SMILES string of the molecule is CC(C)(C#N)Cc1ccc(I)cc1. The van der Waals surface area contributed by atoms with E-state index in [1.165, 1.54) is 9.13 Å². The van der Waals surface area contributed by atoms with Gasteiger partial charge in [0.15, 0.2) is 0 Å². The van der Waals surface area contributed by atoms with Crippen molar-refractivity contribution in [3.8, 4) is 6.07 Å². The molecular formula is C11H12IN. The first-order valence-corrected chi connectivity index (χ1v) is 5.27. The molecule has 0 saturated carbocycles. The molecule has 1 rings (SSSR count). The highest BCUT2D eigenvalue weighted by Crippen LogP contribution is 2.20. The summed E-state index contributed by atoms with van der Waals surface area (Å²) in [7, 11) is 0. The Kier molecular flexibility index (Phi) is 3.32. The van der Waals surface area contributed by atoms with Crippen molar-refractivity contribution in [3.63, 3.8) is 0 Å². The minimum atomic E-state index is -0.257. The highest BCUT2D eigenvalue weighted by Gasteiger charge is 2.16. The molecule has 0 radical (unpaired) electrons. The molecule has 1 aromatic rings. The quantitative estimate of drug-likeness (QED) is 0.764. The lowest BCUT2D eigenvalue weighted by Gasteiger charge is -2.14. The second-order valence-electron chi connectivity index (χ2n) is 3.80. The molecule has 0 aromatic heterocycles. The summed E-state index contributed by atoms with van der Waals surface area (Å²) in [6.45, 7) is 3.93. The van der Waals surface area contributed by atoms with Crippen molar-refractivity contribution in [1.82, 2.24) is 0 Å². The Bertz CT molecular complexity index is 319. The summed E-state index contributed by atoms with van der Waals surface area (Å²) >= 11 is 2.28. The third kappa shape index (κ3) is 3.35. The van der Waals surface area contributed by atoms with Gasteiger partial charge in [-0.15, -0.1) is 0 Å². The molecular weight excluding hydrogens is 273 g/mol. The molecule has 0 heterocycles. The lowest BCUT2D eigenvalue weighted by molar-refractivity contribution is 0.493. The first kappa shape index (κ1) is 10.5. The van der Waals surface area contributed by atoms with Gasteiger partial charge in [-0.2, -0.15) is 5.26 Å². The molecule has 2 heteroatoms. The molecule has 0 atom stereocenters. The second kappa shape index (κ2) is 4.10. The molecule has 0 aliphatic rings. The average Bonchev–Trinajstić information content (AvgIpc) is 2.09. The Balaban J connectivity index is 2.77. The Morgan fingerprint density at radius 2 is 1.85 bits per heavy atom. The van der Waals surface area contributed by atoms with E-state index in [1.807, 2.05) is 13.8 Å². The molecule has 0 unspecified atom stereocenters. The Morgan fingerprint density at radius 3 is 2.31 bits per heavy atom. The number of halogens is 1. The van der Waals surface area contributed by atoms with Crippen molar-refractivity contribution in [2.75, 3.05) is 0 Å². The van der Waals surface area contributed by atoms with E-state index >= 15 is 0 Å². The zero-order valence-corrected chi connectivity index (χ0v) is 10.00. The number of rotatable bonds is 2. The Hall–Kier alpha value is -0.560. The minimum absolute atomic E-state index is 0.257. The first-order valence-electron chi connectivity index (χ1n) is 4.19. The van der Waals surface area contributed by atoms with Crippen LogP contribution >= 0.6 is 22.6 Å². The minimum Gasteiger partial charge on any atom is -0.198 e. The van der Waals surface area contributed by atoms with Crippen LogP contribution in [0.5, 0.6) is 0 Å². The standard InChI is InChI=1S/C11H12IN/c1-11(2,8-13)7-9-3-5-10(12)6-4-9/h3-6H,7H2,1-2H3. The number of hydrogen-bond donors (Lipinski definition) is 0. The molecule has 0 fully saturated rings. The van der Waals surface area contributed by atoms with Crippen LogP contribution in [0.2, 0.25) is 0 Å². The molecule has 0 aliphatic heterocycles. The Labute approximate surface area is 92.9 Å². The van der Waals surface area contributed by atoms with Crippen LogP contribution in [0.1, 0.15) is 19.4 Å². The van der Waals surface area contributed by atoms with Crippen molar-refractivity contribution in [2.45, 2.75) is 20.3 Å². The molecule has 0 saturated heterocycles. The van der Waals surface area contributed by atoms with E-state index in [-0.39, 0.29) is 5.41 Å². The maximum absolute atomic E-state index is 8.86. The zero-order valence-electron chi connectivity index (χ0n) is 7.84. The van der Waals surface area contributed by atoms with Crippen LogP contribution in [0.25, 0.3) is 0 Å². The van der Waals surface area contributed by atoms with Gasteiger partial charge in [-0.3, -0.25) is 0 Å². The van der Waals surface area contributed by atoms with E-state index in [0.717, 1.165) is 6.42 Å². The average molecular weight is 285 g/mol. The summed E-state index contributed by atoms with van der Waals surface area (Å²) in [5, 5.41) is 8.86. The molecule has 0 N–H and O–H groups in total. The predicted octanol–water partition coefficient (Wildman–Crippen LogP) is 3.38. The van der Waals surface area contributed by atoms with Gasteiger partial charge in [-0.25, -0.2) is 0 Å². The summed E-state index contributed by atoms with van der Waals surface area (Å²) in [6.07, 6.45) is 0.820. The van der Waals surface area contributed by atoms with Crippen LogP contribution in [-0.4, -0.2) is 0 Å². The van der Waals surface area contributed by atoms with E-state index in [0.29, 0.717) is 0 Å². The summed E-state index contributed by atoms with van der Waals surface area (Å²) in [4.78, 5) is 0.